The number of nitrogens with one attached hydrogen (secondary N) is 2. The van der Waals surface area contributed by atoms with E-state index >= 15 is 0 Å². The summed E-state index contributed by atoms with van der Waals surface area (Å²) in [4.78, 5) is 20.6. The van der Waals surface area contributed by atoms with E-state index in [-0.39, 0.29) is 18.0 Å². The largest absolute Gasteiger partial charge is 0.352 e. The minimum atomic E-state index is -0.116. The van der Waals surface area contributed by atoms with Crippen LogP contribution in [0.4, 0.5) is 5.69 Å². The van der Waals surface area contributed by atoms with Crippen LogP contribution in [0.15, 0.2) is 79.0 Å². The van der Waals surface area contributed by atoms with Gasteiger partial charge >= 0.3 is 0 Å². The molecule has 2 aromatic heterocycles. The zero-order valence-corrected chi connectivity index (χ0v) is 20.0. The Bertz CT molecular complexity index is 1300. The molecule has 2 atom stereocenters. The van der Waals surface area contributed by atoms with Crippen molar-refractivity contribution in [3.63, 3.8) is 0 Å². The van der Waals surface area contributed by atoms with Crippen LogP contribution in [0, 0.1) is 0 Å². The lowest BCUT2D eigenvalue weighted by molar-refractivity contribution is -0.116. The van der Waals surface area contributed by atoms with Gasteiger partial charge in [-0.15, -0.1) is 11.3 Å². The van der Waals surface area contributed by atoms with E-state index in [1.54, 1.807) is 6.20 Å². The molecule has 1 amide bonds. The van der Waals surface area contributed by atoms with Crippen LogP contribution in [-0.2, 0) is 4.79 Å². The number of benzene rings is 2. The van der Waals surface area contributed by atoms with Crippen molar-refractivity contribution in [3.05, 3.63) is 93.9 Å². The molecule has 0 bridgehead atoms. The predicted molar refractivity (Wildman–Crippen MR) is 139 cm³/mol. The lowest BCUT2D eigenvalue weighted by Gasteiger charge is -2.26. The van der Waals surface area contributed by atoms with E-state index in [1.807, 2.05) is 72.8 Å². The molecule has 8 heteroatoms. The van der Waals surface area contributed by atoms with Crippen LogP contribution >= 0.6 is 35.2 Å². The molecule has 1 aliphatic rings. The van der Waals surface area contributed by atoms with E-state index in [4.69, 9.17) is 23.8 Å². The summed E-state index contributed by atoms with van der Waals surface area (Å²) in [7, 11) is 0. The summed E-state index contributed by atoms with van der Waals surface area (Å²) >= 11 is 13.4. The average Bonchev–Trinajstić information content (AvgIpc) is 3.41. The van der Waals surface area contributed by atoms with Crippen molar-refractivity contribution in [1.82, 2.24) is 15.2 Å². The second-order valence-electron chi connectivity index (χ2n) is 7.79. The summed E-state index contributed by atoms with van der Waals surface area (Å²) in [6.45, 7) is 0.478. The minimum absolute atomic E-state index is 0.0570. The van der Waals surface area contributed by atoms with Crippen molar-refractivity contribution >= 4 is 62.6 Å². The molecule has 0 saturated carbocycles. The van der Waals surface area contributed by atoms with Crippen LogP contribution in [0.1, 0.15) is 29.1 Å². The average molecular weight is 493 g/mol. The number of amides is 1. The summed E-state index contributed by atoms with van der Waals surface area (Å²) in [5.41, 5.74) is 1.71. The molecule has 4 aromatic rings. The molecule has 0 aliphatic carbocycles. The number of pyridine rings is 1. The number of halogens is 1. The number of aromatic nitrogens is 1. The maximum absolute atomic E-state index is 12.9. The van der Waals surface area contributed by atoms with Crippen LogP contribution in [0.25, 0.3) is 10.8 Å². The Morgan fingerprint density at radius 2 is 1.91 bits per heavy atom. The number of carbonyl (C=O) groups is 1. The summed E-state index contributed by atoms with van der Waals surface area (Å²) in [6.07, 6.45) is 2.08. The zero-order valence-electron chi connectivity index (χ0n) is 17.6. The zero-order chi connectivity index (χ0) is 22.8. The highest BCUT2D eigenvalue weighted by Gasteiger charge is 2.40. The monoisotopic (exact) mass is 492 g/mol. The molecule has 0 spiro atoms. The Morgan fingerprint density at radius 3 is 2.70 bits per heavy atom. The third-order valence-electron chi connectivity index (χ3n) is 5.73. The summed E-state index contributed by atoms with van der Waals surface area (Å²) in [5, 5.41) is 9.19. The van der Waals surface area contributed by atoms with Crippen LogP contribution in [0.3, 0.4) is 0 Å². The van der Waals surface area contributed by atoms with E-state index in [0.29, 0.717) is 18.1 Å². The van der Waals surface area contributed by atoms with Gasteiger partial charge in [0.25, 0.3) is 0 Å². The number of thiophene rings is 1. The first-order valence-corrected chi connectivity index (χ1v) is 12.2. The van der Waals surface area contributed by atoms with Gasteiger partial charge in [-0.25, -0.2) is 0 Å². The molecule has 2 N–H and O–H groups in total. The molecule has 5 nitrogen and oxygen atoms in total. The van der Waals surface area contributed by atoms with Gasteiger partial charge in [0.05, 0.1) is 22.1 Å². The van der Waals surface area contributed by atoms with Crippen molar-refractivity contribution < 1.29 is 4.79 Å². The van der Waals surface area contributed by atoms with Crippen molar-refractivity contribution in [2.45, 2.75) is 18.5 Å². The second-order valence-corrected chi connectivity index (χ2v) is 9.92. The first-order valence-electron chi connectivity index (χ1n) is 10.6. The summed E-state index contributed by atoms with van der Waals surface area (Å²) < 4.78 is 0.719. The van der Waals surface area contributed by atoms with Crippen molar-refractivity contribution in [3.8, 4) is 0 Å². The third kappa shape index (κ3) is 4.57. The van der Waals surface area contributed by atoms with E-state index in [0.717, 1.165) is 31.4 Å². The van der Waals surface area contributed by atoms with Crippen LogP contribution in [0.5, 0.6) is 0 Å². The molecule has 1 fully saturated rings. The Balaban J connectivity index is 1.35. The van der Waals surface area contributed by atoms with Crippen molar-refractivity contribution in [2.24, 2.45) is 0 Å². The molecular formula is C25H21ClN4OS2. The Kier molecular flexibility index (Phi) is 6.26. The number of rotatable bonds is 6. The van der Waals surface area contributed by atoms with Gasteiger partial charge in [0.15, 0.2) is 5.11 Å². The second kappa shape index (κ2) is 9.47. The highest BCUT2D eigenvalue weighted by atomic mass is 35.5. The smallest absolute Gasteiger partial charge is 0.226 e. The fraction of sp³-hybridized carbons (Fsp3) is 0.160. The standard InChI is InChI=1S/C25H21ClN4OS2/c26-21-12-11-20(33-21)24-23(19-9-3-4-14-27-19)29-25(32)30(24)15-13-22(31)28-18-10-5-7-16-6-1-2-8-17(16)18/h1-12,14,23-24H,13,15H2,(H,28,31)(H,29,32)/t23-,24-/m0/s1. The molecule has 1 saturated heterocycles. The number of hydrogen-bond acceptors (Lipinski definition) is 4. The normalized spacial score (nSPS) is 17.8. The SMILES string of the molecule is O=C(CCN1C(=S)N[C@@H](c2ccccn2)[C@@H]1c1ccc(Cl)s1)Nc1cccc2ccccc12. The lowest BCUT2D eigenvalue weighted by Crippen LogP contribution is -2.32. The van der Waals surface area contributed by atoms with Gasteiger partial charge in [-0.2, -0.15) is 0 Å². The molecule has 0 radical (unpaired) electrons. The van der Waals surface area contributed by atoms with Gasteiger partial charge in [-0.1, -0.05) is 54.1 Å². The number of anilines is 1. The maximum Gasteiger partial charge on any atom is 0.226 e. The van der Waals surface area contributed by atoms with Crippen LogP contribution < -0.4 is 10.6 Å². The number of thiocarbonyl (C=S) groups is 1. The molecule has 166 valence electrons. The minimum Gasteiger partial charge on any atom is -0.352 e. The molecule has 0 unspecified atom stereocenters. The fourth-order valence-corrected chi connectivity index (χ4v) is 5.76. The topological polar surface area (TPSA) is 57.3 Å². The number of nitrogens with zero attached hydrogens (tertiary/aromatic N) is 2. The fourth-order valence-electron chi connectivity index (χ4n) is 4.21. The molecule has 2 aromatic carbocycles. The number of fused-ring (bicyclic) bond motifs is 1. The van der Waals surface area contributed by atoms with E-state index in [9.17, 15) is 4.79 Å². The van der Waals surface area contributed by atoms with Gasteiger partial charge in [0.2, 0.25) is 5.91 Å². The highest BCUT2D eigenvalue weighted by Crippen LogP contribution is 2.42. The van der Waals surface area contributed by atoms with Crippen LogP contribution in [-0.4, -0.2) is 27.4 Å². The molecule has 5 rings (SSSR count). The molecular weight excluding hydrogens is 472 g/mol. The molecule has 1 aliphatic heterocycles. The highest BCUT2D eigenvalue weighted by molar-refractivity contribution is 7.80. The van der Waals surface area contributed by atoms with Gasteiger partial charge in [-0.05, 0) is 47.9 Å². The van der Waals surface area contributed by atoms with Gasteiger partial charge < -0.3 is 15.5 Å². The molecule has 33 heavy (non-hydrogen) atoms. The molecule has 3 heterocycles. The Morgan fingerprint density at radius 1 is 1.09 bits per heavy atom. The number of carbonyl (C=O) groups excluding carboxylic acids is 1. The van der Waals surface area contributed by atoms with Crippen LogP contribution in [0.2, 0.25) is 4.34 Å². The first kappa shape index (κ1) is 21.8. The van der Waals surface area contributed by atoms with Gasteiger partial charge in [-0.3, -0.25) is 9.78 Å². The maximum atomic E-state index is 12.9. The van der Waals surface area contributed by atoms with Crippen molar-refractivity contribution in [1.29, 1.82) is 0 Å². The van der Waals surface area contributed by atoms with Crippen molar-refractivity contribution in [2.75, 3.05) is 11.9 Å². The summed E-state index contributed by atoms with van der Waals surface area (Å²) in [5.74, 6) is -0.0570. The Labute approximate surface area is 206 Å². The van der Waals surface area contributed by atoms with Gasteiger partial charge in [0, 0.05) is 35.1 Å². The third-order valence-corrected chi connectivity index (χ3v) is 7.38. The van der Waals surface area contributed by atoms with Gasteiger partial charge in [0.1, 0.15) is 0 Å². The Hall–Kier alpha value is -3.00. The summed E-state index contributed by atoms with van der Waals surface area (Å²) in [6, 6.07) is 23.5. The number of hydrogen-bond donors (Lipinski definition) is 2. The van der Waals surface area contributed by atoms with E-state index in [1.165, 1.54) is 11.3 Å². The quantitative estimate of drug-likeness (QED) is 0.326. The van der Waals surface area contributed by atoms with E-state index < -0.39 is 0 Å². The lowest BCUT2D eigenvalue weighted by atomic mass is 10.0. The van der Waals surface area contributed by atoms with E-state index in [2.05, 4.69) is 20.5 Å². The first-order chi connectivity index (χ1) is 16.1. The predicted octanol–water partition coefficient (Wildman–Crippen LogP) is 5.95.